The Kier molecular flexibility index (Phi) is 4.75. The van der Waals surface area contributed by atoms with Crippen LogP contribution in [0.4, 0.5) is 4.39 Å². The van der Waals surface area contributed by atoms with Crippen molar-refractivity contribution in [2.45, 2.75) is 19.5 Å². The van der Waals surface area contributed by atoms with Gasteiger partial charge in [-0.05, 0) is 30.5 Å². The number of nitrogens with one attached hydrogen (secondary N) is 1. The van der Waals surface area contributed by atoms with Gasteiger partial charge < -0.3 is 9.32 Å². The van der Waals surface area contributed by atoms with Crippen LogP contribution in [0.2, 0.25) is 5.02 Å². The van der Waals surface area contributed by atoms with Crippen LogP contribution in [0.25, 0.3) is 10.8 Å². The topological polar surface area (TPSA) is 43.4 Å². The number of quaternary nitrogens is 1. The van der Waals surface area contributed by atoms with Gasteiger partial charge in [0.1, 0.15) is 12.4 Å². The average molecular weight is 353 g/mol. The lowest BCUT2D eigenvalue weighted by Gasteiger charge is -2.19. The lowest BCUT2D eigenvalue weighted by atomic mass is 10.1. The van der Waals surface area contributed by atoms with Crippen LogP contribution >= 0.6 is 22.9 Å². The van der Waals surface area contributed by atoms with E-state index < -0.39 is 0 Å². The number of aromatic nitrogens is 2. The van der Waals surface area contributed by atoms with Crippen molar-refractivity contribution in [2.75, 3.05) is 7.05 Å². The minimum absolute atomic E-state index is 0.0770. The minimum Gasteiger partial charge on any atom is -0.414 e. The summed E-state index contributed by atoms with van der Waals surface area (Å²) in [6.07, 6.45) is 0. The van der Waals surface area contributed by atoms with E-state index in [0.29, 0.717) is 28.9 Å². The Morgan fingerprint density at radius 3 is 2.83 bits per heavy atom. The van der Waals surface area contributed by atoms with Crippen LogP contribution < -0.4 is 4.90 Å². The maximum Gasteiger partial charge on any atom is 0.274 e. The highest BCUT2D eigenvalue weighted by Gasteiger charge is 2.24. The van der Waals surface area contributed by atoms with Crippen molar-refractivity contribution in [1.29, 1.82) is 0 Å². The van der Waals surface area contributed by atoms with E-state index in [9.17, 15) is 4.39 Å². The second-order valence-corrected chi connectivity index (χ2v) is 6.72. The quantitative estimate of drug-likeness (QED) is 0.765. The van der Waals surface area contributed by atoms with Gasteiger partial charge in [0.2, 0.25) is 0 Å². The number of nitrogens with zero attached hydrogens (tertiary/aromatic N) is 2. The predicted molar refractivity (Wildman–Crippen MR) is 88.0 cm³/mol. The van der Waals surface area contributed by atoms with Gasteiger partial charge in [-0.25, -0.2) is 4.39 Å². The smallest absolute Gasteiger partial charge is 0.274 e. The fraction of sp³-hybridized carbons (Fsp3) is 0.250. The monoisotopic (exact) mass is 352 g/mol. The maximum atomic E-state index is 13.9. The molecule has 0 saturated heterocycles. The molecule has 1 aromatic carbocycles. The number of hydrogen-bond acceptors (Lipinski definition) is 4. The molecule has 4 nitrogen and oxygen atoms in total. The Hall–Kier alpha value is -1.76. The Bertz CT molecular complexity index is 770. The summed E-state index contributed by atoms with van der Waals surface area (Å²) in [6.45, 7) is 2.40. The van der Waals surface area contributed by atoms with E-state index in [4.69, 9.17) is 16.0 Å². The maximum absolute atomic E-state index is 13.9. The van der Waals surface area contributed by atoms with E-state index in [-0.39, 0.29) is 11.9 Å². The van der Waals surface area contributed by atoms with Crippen molar-refractivity contribution in [3.63, 3.8) is 0 Å². The lowest BCUT2D eigenvalue weighted by Crippen LogP contribution is -3.07. The molecular formula is C16H16ClFN3OS+. The molecule has 0 radical (unpaired) electrons. The van der Waals surface area contributed by atoms with Crippen LogP contribution in [0.1, 0.15) is 24.4 Å². The standard InChI is InChI=1S/C16H15ClFN3OS/c1-10(15-19-20-16(22-15)14-7-4-8-23-14)21(2)9-11-12(17)5-3-6-13(11)18/h3-8,10H,9H2,1-2H3/p+1/t10-/m0/s1. The van der Waals surface area contributed by atoms with Crippen LogP contribution in [0.5, 0.6) is 0 Å². The van der Waals surface area contributed by atoms with Gasteiger partial charge >= 0.3 is 0 Å². The predicted octanol–water partition coefficient (Wildman–Crippen LogP) is 3.37. The molecule has 23 heavy (non-hydrogen) atoms. The first-order valence-electron chi connectivity index (χ1n) is 7.18. The number of benzene rings is 1. The Labute approximate surface area is 142 Å². The molecule has 1 N–H and O–H groups in total. The molecular weight excluding hydrogens is 337 g/mol. The molecule has 0 aliphatic heterocycles. The van der Waals surface area contributed by atoms with Crippen LogP contribution in [0, 0.1) is 5.82 Å². The molecule has 3 aromatic rings. The number of thiophene rings is 1. The van der Waals surface area contributed by atoms with Crippen LogP contribution in [0.15, 0.2) is 40.1 Å². The number of rotatable bonds is 5. The van der Waals surface area contributed by atoms with Gasteiger partial charge in [-0.15, -0.1) is 21.5 Å². The van der Waals surface area contributed by atoms with Crippen LogP contribution in [-0.4, -0.2) is 17.2 Å². The molecule has 2 heterocycles. The highest BCUT2D eigenvalue weighted by atomic mass is 35.5. The van der Waals surface area contributed by atoms with Crippen LogP contribution in [-0.2, 0) is 6.54 Å². The third-order valence-electron chi connectivity index (χ3n) is 3.80. The SMILES string of the molecule is C[C@@H](c1nnc(-c2cccs2)o1)[NH+](C)Cc1c(F)cccc1Cl. The summed E-state index contributed by atoms with van der Waals surface area (Å²) in [5.41, 5.74) is 0.497. The zero-order valence-electron chi connectivity index (χ0n) is 12.7. The molecule has 120 valence electrons. The average Bonchev–Trinajstić information content (AvgIpc) is 3.20. The molecule has 0 saturated carbocycles. The van der Waals surface area contributed by atoms with Gasteiger partial charge in [0.15, 0.2) is 6.04 Å². The zero-order chi connectivity index (χ0) is 16.4. The van der Waals surface area contributed by atoms with Crippen molar-refractivity contribution in [1.82, 2.24) is 10.2 Å². The Morgan fingerprint density at radius 1 is 1.30 bits per heavy atom. The van der Waals surface area contributed by atoms with Gasteiger partial charge in [0.05, 0.1) is 22.5 Å². The van der Waals surface area contributed by atoms with Crippen molar-refractivity contribution in [2.24, 2.45) is 0 Å². The summed E-state index contributed by atoms with van der Waals surface area (Å²) in [5, 5.41) is 10.6. The fourth-order valence-corrected chi connectivity index (χ4v) is 3.13. The van der Waals surface area contributed by atoms with Crippen molar-refractivity contribution < 1.29 is 13.7 Å². The van der Waals surface area contributed by atoms with E-state index in [0.717, 1.165) is 9.78 Å². The Balaban J connectivity index is 1.76. The zero-order valence-corrected chi connectivity index (χ0v) is 14.3. The molecule has 2 atom stereocenters. The molecule has 0 spiro atoms. The summed E-state index contributed by atoms with van der Waals surface area (Å²) in [4.78, 5) is 1.95. The summed E-state index contributed by atoms with van der Waals surface area (Å²) in [5.74, 6) is 0.741. The van der Waals surface area contributed by atoms with Crippen molar-refractivity contribution in [3.05, 3.63) is 58.0 Å². The van der Waals surface area contributed by atoms with E-state index in [1.165, 1.54) is 6.07 Å². The Morgan fingerprint density at radius 2 is 2.13 bits per heavy atom. The summed E-state index contributed by atoms with van der Waals surface area (Å²) < 4.78 is 19.7. The highest BCUT2D eigenvalue weighted by molar-refractivity contribution is 7.13. The molecule has 0 amide bonds. The molecule has 1 unspecified atom stereocenters. The van der Waals surface area contributed by atoms with E-state index >= 15 is 0 Å². The lowest BCUT2D eigenvalue weighted by molar-refractivity contribution is -0.925. The van der Waals surface area contributed by atoms with Gasteiger partial charge in [-0.2, -0.15) is 0 Å². The molecule has 0 fully saturated rings. The molecule has 7 heteroatoms. The van der Waals surface area contributed by atoms with Gasteiger partial charge in [-0.1, -0.05) is 23.7 Å². The minimum atomic E-state index is -0.297. The molecule has 3 rings (SSSR count). The van der Waals surface area contributed by atoms with E-state index in [1.807, 2.05) is 31.5 Å². The van der Waals surface area contributed by atoms with Gasteiger partial charge in [0.25, 0.3) is 11.8 Å². The van der Waals surface area contributed by atoms with E-state index in [1.54, 1.807) is 23.5 Å². The highest BCUT2D eigenvalue weighted by Crippen LogP contribution is 2.24. The van der Waals surface area contributed by atoms with E-state index in [2.05, 4.69) is 10.2 Å². The van der Waals surface area contributed by atoms with Crippen LogP contribution in [0.3, 0.4) is 0 Å². The fourth-order valence-electron chi connectivity index (χ4n) is 2.25. The van der Waals surface area contributed by atoms with Gasteiger partial charge in [-0.3, -0.25) is 0 Å². The first-order chi connectivity index (χ1) is 11.1. The number of hydrogen-bond donors (Lipinski definition) is 1. The molecule has 2 aromatic heterocycles. The molecule has 0 bridgehead atoms. The largest absolute Gasteiger partial charge is 0.414 e. The second-order valence-electron chi connectivity index (χ2n) is 5.37. The first-order valence-corrected chi connectivity index (χ1v) is 8.44. The molecule has 0 aliphatic rings. The summed E-state index contributed by atoms with van der Waals surface area (Å²) in [7, 11) is 1.95. The number of halogens is 2. The molecule has 0 aliphatic carbocycles. The van der Waals surface area contributed by atoms with Crippen molar-refractivity contribution >= 4 is 22.9 Å². The third-order valence-corrected chi connectivity index (χ3v) is 5.01. The van der Waals surface area contributed by atoms with Crippen molar-refractivity contribution in [3.8, 4) is 10.8 Å². The normalized spacial score (nSPS) is 13.9. The summed E-state index contributed by atoms with van der Waals surface area (Å²) >= 11 is 7.64. The first kappa shape index (κ1) is 16.1. The third kappa shape index (κ3) is 3.44. The van der Waals surface area contributed by atoms with Gasteiger partial charge in [0, 0.05) is 0 Å². The second kappa shape index (κ2) is 6.78. The summed E-state index contributed by atoms with van der Waals surface area (Å²) in [6, 6.07) is 8.51.